The van der Waals surface area contributed by atoms with E-state index < -0.39 is 5.97 Å². The van der Waals surface area contributed by atoms with Crippen molar-refractivity contribution in [2.75, 3.05) is 5.32 Å². The van der Waals surface area contributed by atoms with E-state index >= 15 is 0 Å². The highest BCUT2D eigenvalue weighted by atomic mass is 32.1. The maximum atomic E-state index is 11.9. The molecule has 96 valence electrons. The number of rotatable bonds is 3. The van der Waals surface area contributed by atoms with Gasteiger partial charge in [-0.25, -0.2) is 4.79 Å². The van der Waals surface area contributed by atoms with E-state index in [1.54, 1.807) is 0 Å². The topological polar surface area (TPSA) is 66.4 Å². The van der Waals surface area contributed by atoms with Gasteiger partial charge in [-0.2, -0.15) is 0 Å². The van der Waals surface area contributed by atoms with Gasteiger partial charge >= 0.3 is 5.97 Å². The Labute approximate surface area is 109 Å². The first-order valence-corrected chi connectivity index (χ1v) is 7.08. The molecule has 3 rings (SSSR count). The van der Waals surface area contributed by atoms with E-state index in [0.717, 1.165) is 36.1 Å². The van der Waals surface area contributed by atoms with Gasteiger partial charge in [0, 0.05) is 10.8 Å². The van der Waals surface area contributed by atoms with E-state index in [0.29, 0.717) is 16.5 Å². The fraction of sp³-hybridized carbons (Fsp3) is 0.538. The predicted octanol–water partition coefficient (Wildman–Crippen LogP) is 2.53. The Morgan fingerprint density at radius 2 is 2.11 bits per heavy atom. The van der Waals surface area contributed by atoms with Crippen molar-refractivity contribution >= 4 is 28.2 Å². The van der Waals surface area contributed by atoms with Crippen LogP contribution in [-0.4, -0.2) is 17.0 Å². The number of hydrogen-bond donors (Lipinski definition) is 2. The average molecular weight is 265 g/mol. The number of thiophene rings is 1. The van der Waals surface area contributed by atoms with Crippen LogP contribution in [0.2, 0.25) is 0 Å². The van der Waals surface area contributed by atoms with Crippen LogP contribution in [0.5, 0.6) is 0 Å². The van der Waals surface area contributed by atoms with Crippen molar-refractivity contribution in [1.82, 2.24) is 0 Å². The lowest BCUT2D eigenvalue weighted by molar-refractivity contribution is -0.117. The molecule has 1 amide bonds. The molecule has 0 radical (unpaired) electrons. The number of carbonyl (C=O) groups is 2. The van der Waals surface area contributed by atoms with Crippen LogP contribution in [0.4, 0.5) is 5.00 Å². The Hall–Kier alpha value is -1.36. The van der Waals surface area contributed by atoms with Gasteiger partial charge in [-0.1, -0.05) is 6.92 Å². The smallest absolute Gasteiger partial charge is 0.339 e. The van der Waals surface area contributed by atoms with Gasteiger partial charge in [-0.15, -0.1) is 11.3 Å². The molecule has 0 saturated heterocycles. The zero-order chi connectivity index (χ0) is 12.9. The minimum atomic E-state index is -0.923. The molecule has 2 aliphatic rings. The molecule has 18 heavy (non-hydrogen) atoms. The third-order valence-electron chi connectivity index (χ3n) is 3.82. The quantitative estimate of drug-likeness (QED) is 0.882. The van der Waals surface area contributed by atoms with E-state index in [-0.39, 0.29) is 11.8 Å². The van der Waals surface area contributed by atoms with Gasteiger partial charge in [-0.05, 0) is 37.2 Å². The molecular weight excluding hydrogens is 250 g/mol. The summed E-state index contributed by atoms with van der Waals surface area (Å²) >= 11 is 1.44. The summed E-state index contributed by atoms with van der Waals surface area (Å²) in [6.07, 6.45) is 3.70. The summed E-state index contributed by atoms with van der Waals surface area (Å²) in [6.45, 7) is 2.04. The van der Waals surface area contributed by atoms with Crippen molar-refractivity contribution < 1.29 is 14.7 Å². The molecule has 0 aliphatic heterocycles. The molecule has 0 spiro atoms. The fourth-order valence-corrected chi connectivity index (χ4v) is 3.89. The lowest BCUT2D eigenvalue weighted by atomic mass is 10.1. The number of nitrogens with one attached hydrogen (secondary N) is 1. The summed E-state index contributed by atoms with van der Waals surface area (Å²) < 4.78 is 0. The lowest BCUT2D eigenvalue weighted by Gasteiger charge is -2.04. The molecular formula is C13H15NO3S. The van der Waals surface area contributed by atoms with Crippen molar-refractivity contribution in [3.63, 3.8) is 0 Å². The standard InChI is InChI=1S/C13H15NO3S/c1-6-5-8(6)11(15)14-12-10(13(16)17)7-3-2-4-9(7)18-12/h6,8H,2-5H2,1H3,(H,14,15)(H,16,17)/t6-,8-/m0/s1. The van der Waals surface area contributed by atoms with Gasteiger partial charge in [0.15, 0.2) is 0 Å². The normalized spacial score (nSPS) is 24.7. The molecule has 2 N–H and O–H groups in total. The number of amides is 1. The SMILES string of the molecule is C[C@H]1C[C@@H]1C(=O)Nc1sc2c(c1C(=O)O)CCC2. The zero-order valence-corrected chi connectivity index (χ0v) is 11.0. The Bertz CT molecular complexity index is 535. The zero-order valence-electron chi connectivity index (χ0n) is 10.2. The number of aromatic carboxylic acids is 1. The van der Waals surface area contributed by atoms with E-state index in [9.17, 15) is 14.7 Å². The van der Waals surface area contributed by atoms with Crippen molar-refractivity contribution in [2.24, 2.45) is 11.8 Å². The molecule has 1 fully saturated rings. The second-order valence-electron chi connectivity index (χ2n) is 5.18. The third-order valence-corrected chi connectivity index (χ3v) is 5.03. The molecule has 1 aromatic rings. The second-order valence-corrected chi connectivity index (χ2v) is 6.28. The maximum absolute atomic E-state index is 11.9. The predicted molar refractivity (Wildman–Crippen MR) is 69.2 cm³/mol. The van der Waals surface area contributed by atoms with Crippen molar-refractivity contribution in [1.29, 1.82) is 0 Å². The first-order chi connectivity index (χ1) is 8.58. The number of carbonyl (C=O) groups excluding carboxylic acids is 1. The molecule has 5 heteroatoms. The van der Waals surface area contributed by atoms with Gasteiger partial charge in [-0.3, -0.25) is 4.79 Å². The van der Waals surface area contributed by atoms with Crippen molar-refractivity contribution in [3.8, 4) is 0 Å². The molecule has 0 aromatic carbocycles. The largest absolute Gasteiger partial charge is 0.478 e. The van der Waals surface area contributed by atoms with Gasteiger partial charge in [0.1, 0.15) is 5.00 Å². The Balaban J connectivity index is 1.87. The molecule has 2 atom stereocenters. The summed E-state index contributed by atoms with van der Waals surface area (Å²) in [5, 5.41) is 12.6. The summed E-state index contributed by atoms with van der Waals surface area (Å²) in [7, 11) is 0. The van der Waals surface area contributed by atoms with Gasteiger partial charge in [0.25, 0.3) is 0 Å². The number of aryl methyl sites for hydroxylation is 1. The molecule has 0 unspecified atom stereocenters. The van der Waals surface area contributed by atoms with Crippen LogP contribution in [0.25, 0.3) is 0 Å². The monoisotopic (exact) mass is 265 g/mol. The molecule has 1 aromatic heterocycles. The molecule has 1 saturated carbocycles. The van der Waals surface area contributed by atoms with Crippen LogP contribution < -0.4 is 5.32 Å². The van der Waals surface area contributed by atoms with E-state index in [2.05, 4.69) is 5.32 Å². The number of hydrogen-bond acceptors (Lipinski definition) is 3. The molecule has 1 heterocycles. The summed E-state index contributed by atoms with van der Waals surface area (Å²) in [5.41, 5.74) is 1.26. The fourth-order valence-electron chi connectivity index (χ4n) is 2.61. The van der Waals surface area contributed by atoms with Gasteiger partial charge in [0.2, 0.25) is 5.91 Å². The number of fused-ring (bicyclic) bond motifs is 1. The van der Waals surface area contributed by atoms with Crippen LogP contribution >= 0.6 is 11.3 Å². The first kappa shape index (κ1) is 11.7. The molecule has 2 aliphatic carbocycles. The Morgan fingerprint density at radius 1 is 1.39 bits per heavy atom. The maximum Gasteiger partial charge on any atom is 0.339 e. The van der Waals surface area contributed by atoms with Crippen LogP contribution in [0.3, 0.4) is 0 Å². The average Bonchev–Trinajstić information content (AvgIpc) is 2.70. The van der Waals surface area contributed by atoms with Crippen LogP contribution in [0.1, 0.15) is 40.6 Å². The van der Waals surface area contributed by atoms with Gasteiger partial charge < -0.3 is 10.4 Å². The lowest BCUT2D eigenvalue weighted by Crippen LogP contribution is -2.16. The number of anilines is 1. The van der Waals surface area contributed by atoms with E-state index in [4.69, 9.17) is 0 Å². The minimum absolute atomic E-state index is 0.0232. The van der Waals surface area contributed by atoms with E-state index in [1.165, 1.54) is 11.3 Å². The molecule has 0 bridgehead atoms. The first-order valence-electron chi connectivity index (χ1n) is 6.26. The van der Waals surface area contributed by atoms with Crippen molar-refractivity contribution in [3.05, 3.63) is 16.0 Å². The van der Waals surface area contributed by atoms with Gasteiger partial charge in [0.05, 0.1) is 5.56 Å². The third kappa shape index (κ3) is 1.82. The second kappa shape index (κ2) is 4.09. The highest BCUT2D eigenvalue weighted by Gasteiger charge is 2.40. The number of carboxylic acid groups (broad SMARTS) is 1. The van der Waals surface area contributed by atoms with Crippen molar-refractivity contribution in [2.45, 2.75) is 32.6 Å². The Kier molecular flexibility index (Phi) is 2.66. The van der Waals surface area contributed by atoms with Crippen LogP contribution in [0, 0.1) is 11.8 Å². The Morgan fingerprint density at radius 3 is 2.72 bits per heavy atom. The van der Waals surface area contributed by atoms with Crippen LogP contribution in [-0.2, 0) is 17.6 Å². The number of carboxylic acids is 1. The summed E-state index contributed by atoms with van der Waals surface area (Å²) in [4.78, 5) is 24.3. The van der Waals surface area contributed by atoms with E-state index in [1.807, 2.05) is 6.92 Å². The van der Waals surface area contributed by atoms with Crippen LogP contribution in [0.15, 0.2) is 0 Å². The summed E-state index contributed by atoms with van der Waals surface area (Å²) in [6, 6.07) is 0. The molecule has 4 nitrogen and oxygen atoms in total. The highest BCUT2D eigenvalue weighted by Crippen LogP contribution is 2.42. The summed E-state index contributed by atoms with van der Waals surface area (Å²) in [5.74, 6) is -0.438. The minimum Gasteiger partial charge on any atom is -0.478 e. The highest BCUT2D eigenvalue weighted by molar-refractivity contribution is 7.17.